The predicted molar refractivity (Wildman–Crippen MR) is 111 cm³/mol. The minimum Gasteiger partial charge on any atom is -0.387 e. The minimum atomic E-state index is -3.87. The van der Waals surface area contributed by atoms with Gasteiger partial charge in [-0.2, -0.15) is 0 Å². The van der Waals surface area contributed by atoms with Crippen molar-refractivity contribution in [1.82, 2.24) is 9.29 Å². The molecule has 3 aromatic rings. The molecule has 1 fully saturated rings. The first-order chi connectivity index (χ1) is 14.3. The number of fused-ring (bicyclic) bond motifs is 1. The molecule has 0 radical (unpaired) electrons. The zero-order valence-electron chi connectivity index (χ0n) is 16.3. The average molecular weight is 427 g/mol. The Morgan fingerprint density at radius 2 is 1.70 bits per heavy atom. The summed E-state index contributed by atoms with van der Waals surface area (Å²) in [5.41, 5.74) is 1.97. The molecule has 2 heterocycles. The van der Waals surface area contributed by atoms with Gasteiger partial charge < -0.3 is 9.67 Å². The molecule has 4 rings (SSSR count). The second-order valence-corrected chi connectivity index (χ2v) is 9.00. The fraction of sp³-hybridized carbons (Fsp3) is 0.238. The number of carbonyl (C=O) groups is 2. The molecule has 1 atom stereocenters. The van der Waals surface area contributed by atoms with Gasteiger partial charge in [0.05, 0.1) is 16.7 Å². The average Bonchev–Trinajstić information content (AvgIpc) is 3.27. The number of hydrogen-bond donors (Lipinski definition) is 2. The van der Waals surface area contributed by atoms with E-state index < -0.39 is 16.1 Å². The zero-order chi connectivity index (χ0) is 21.5. The summed E-state index contributed by atoms with van der Waals surface area (Å²) in [6.07, 6.45) is 1.22. The molecular formula is C21H21N3O5S. The van der Waals surface area contributed by atoms with E-state index in [1.54, 1.807) is 6.07 Å². The van der Waals surface area contributed by atoms with Gasteiger partial charge in [-0.3, -0.25) is 14.5 Å². The van der Waals surface area contributed by atoms with E-state index in [9.17, 15) is 23.1 Å². The molecule has 0 bridgehead atoms. The number of rotatable bonds is 6. The van der Waals surface area contributed by atoms with Crippen molar-refractivity contribution in [2.45, 2.75) is 23.8 Å². The fourth-order valence-electron chi connectivity index (χ4n) is 3.54. The number of benzene rings is 2. The number of nitrogens with one attached hydrogen (secondary N) is 1. The van der Waals surface area contributed by atoms with Crippen LogP contribution in [0.3, 0.4) is 0 Å². The first-order valence-corrected chi connectivity index (χ1v) is 10.9. The maximum Gasteiger partial charge on any atom is 0.240 e. The Morgan fingerprint density at radius 1 is 1.03 bits per heavy atom. The van der Waals surface area contributed by atoms with E-state index in [-0.39, 0.29) is 36.1 Å². The van der Waals surface area contributed by atoms with Crippen LogP contribution in [0.25, 0.3) is 10.9 Å². The zero-order valence-corrected chi connectivity index (χ0v) is 17.1. The van der Waals surface area contributed by atoms with Crippen LogP contribution in [0.2, 0.25) is 0 Å². The molecular weight excluding hydrogens is 406 g/mol. The number of aryl methyl sites for hydroxylation is 1. The van der Waals surface area contributed by atoms with E-state index >= 15 is 0 Å². The van der Waals surface area contributed by atoms with E-state index in [4.69, 9.17) is 0 Å². The van der Waals surface area contributed by atoms with Gasteiger partial charge in [0.25, 0.3) is 0 Å². The number of hydrogen-bond acceptors (Lipinski definition) is 5. The Kier molecular flexibility index (Phi) is 5.19. The largest absolute Gasteiger partial charge is 0.387 e. The molecule has 0 unspecified atom stereocenters. The number of carbonyl (C=O) groups excluding carboxylic acids is 2. The Morgan fingerprint density at radius 3 is 2.37 bits per heavy atom. The maximum absolute atomic E-state index is 12.6. The number of sulfonamides is 1. The van der Waals surface area contributed by atoms with Gasteiger partial charge in [-0.05, 0) is 53.4 Å². The Balaban J connectivity index is 1.45. The highest BCUT2D eigenvalue weighted by molar-refractivity contribution is 7.89. The van der Waals surface area contributed by atoms with Gasteiger partial charge in [0.15, 0.2) is 0 Å². The van der Waals surface area contributed by atoms with Gasteiger partial charge in [0.2, 0.25) is 21.8 Å². The molecule has 0 aliphatic carbocycles. The summed E-state index contributed by atoms with van der Waals surface area (Å²) < 4.78 is 29.5. The topological polar surface area (TPSA) is 109 Å². The number of amides is 2. The molecule has 156 valence electrons. The van der Waals surface area contributed by atoms with Crippen LogP contribution in [0.15, 0.2) is 59.6 Å². The highest BCUT2D eigenvalue weighted by Crippen LogP contribution is 2.24. The lowest BCUT2D eigenvalue weighted by Crippen LogP contribution is -2.29. The van der Waals surface area contributed by atoms with Crippen LogP contribution in [-0.4, -0.2) is 36.5 Å². The second kappa shape index (κ2) is 7.67. The van der Waals surface area contributed by atoms with Gasteiger partial charge in [-0.25, -0.2) is 13.1 Å². The number of aliphatic hydroxyl groups excluding tert-OH is 1. The lowest BCUT2D eigenvalue weighted by molar-refractivity contribution is -0.121. The lowest BCUT2D eigenvalue weighted by atomic mass is 10.1. The highest BCUT2D eigenvalue weighted by Gasteiger charge is 2.30. The van der Waals surface area contributed by atoms with E-state index in [2.05, 4.69) is 4.72 Å². The van der Waals surface area contributed by atoms with Crippen LogP contribution in [0, 0.1) is 0 Å². The van der Waals surface area contributed by atoms with Crippen molar-refractivity contribution in [3.8, 4) is 0 Å². The van der Waals surface area contributed by atoms with E-state index in [1.165, 1.54) is 24.3 Å². The highest BCUT2D eigenvalue weighted by atomic mass is 32.2. The smallest absolute Gasteiger partial charge is 0.240 e. The maximum atomic E-state index is 12.6. The van der Waals surface area contributed by atoms with Crippen LogP contribution in [-0.2, 0) is 26.7 Å². The molecule has 30 heavy (non-hydrogen) atoms. The summed E-state index contributed by atoms with van der Waals surface area (Å²) in [6, 6.07) is 12.9. The number of nitrogens with zero attached hydrogens (tertiary/aromatic N) is 2. The van der Waals surface area contributed by atoms with E-state index in [0.717, 1.165) is 15.8 Å². The van der Waals surface area contributed by atoms with Crippen molar-refractivity contribution in [3.05, 3.63) is 60.3 Å². The van der Waals surface area contributed by atoms with Crippen LogP contribution >= 0.6 is 0 Å². The van der Waals surface area contributed by atoms with Crippen molar-refractivity contribution in [1.29, 1.82) is 0 Å². The lowest BCUT2D eigenvalue weighted by Gasteiger charge is -2.15. The summed E-state index contributed by atoms with van der Waals surface area (Å²) >= 11 is 0. The fourth-order valence-corrected chi connectivity index (χ4v) is 4.57. The monoisotopic (exact) mass is 427 g/mol. The van der Waals surface area contributed by atoms with Crippen molar-refractivity contribution >= 4 is 38.4 Å². The van der Waals surface area contributed by atoms with Crippen molar-refractivity contribution in [2.75, 3.05) is 11.4 Å². The molecule has 1 saturated heterocycles. The van der Waals surface area contributed by atoms with Gasteiger partial charge >= 0.3 is 0 Å². The molecule has 9 heteroatoms. The van der Waals surface area contributed by atoms with Crippen LogP contribution in [0.5, 0.6) is 0 Å². The SMILES string of the molecule is Cn1ccc2cc([C@H](O)CNS(=O)(=O)c3ccc(N4C(=O)CCC4=O)cc3)ccc21. The third kappa shape index (κ3) is 3.74. The third-order valence-electron chi connectivity index (χ3n) is 5.22. The van der Waals surface area contributed by atoms with Crippen LogP contribution in [0.1, 0.15) is 24.5 Å². The van der Waals surface area contributed by atoms with Gasteiger partial charge in [-0.1, -0.05) is 6.07 Å². The van der Waals surface area contributed by atoms with Crippen molar-refractivity contribution in [3.63, 3.8) is 0 Å². The first kappa shape index (κ1) is 20.3. The van der Waals surface area contributed by atoms with Gasteiger partial charge in [-0.15, -0.1) is 0 Å². The quantitative estimate of drug-likeness (QED) is 0.584. The normalized spacial score (nSPS) is 15.9. The summed E-state index contributed by atoms with van der Waals surface area (Å²) in [4.78, 5) is 24.7. The molecule has 1 aromatic heterocycles. The molecule has 2 aromatic carbocycles. The Labute approximate surface area is 173 Å². The molecule has 0 spiro atoms. The number of aliphatic hydroxyl groups is 1. The van der Waals surface area contributed by atoms with Crippen LogP contribution in [0.4, 0.5) is 5.69 Å². The third-order valence-corrected chi connectivity index (χ3v) is 6.66. The van der Waals surface area contributed by atoms with Crippen molar-refractivity contribution in [2.24, 2.45) is 7.05 Å². The Hall–Kier alpha value is -3.01. The summed E-state index contributed by atoms with van der Waals surface area (Å²) in [7, 11) is -1.95. The van der Waals surface area contributed by atoms with Gasteiger partial charge in [0.1, 0.15) is 0 Å². The number of aromatic nitrogens is 1. The summed E-state index contributed by atoms with van der Waals surface area (Å²) in [6.45, 7) is -0.189. The van der Waals surface area contributed by atoms with Crippen molar-refractivity contribution < 1.29 is 23.1 Å². The first-order valence-electron chi connectivity index (χ1n) is 9.45. The predicted octanol–water partition coefficient (Wildman–Crippen LogP) is 1.84. The molecule has 8 nitrogen and oxygen atoms in total. The summed E-state index contributed by atoms with van der Waals surface area (Å²) in [5.74, 6) is -0.598. The van der Waals surface area contributed by atoms with E-state index in [0.29, 0.717) is 11.3 Å². The second-order valence-electron chi connectivity index (χ2n) is 7.23. The molecule has 1 aliphatic rings. The minimum absolute atomic E-state index is 0.0175. The molecule has 2 N–H and O–H groups in total. The molecule has 2 amide bonds. The standard InChI is InChI=1S/C21H21N3O5S/c1-23-11-10-14-12-15(2-7-18(14)23)19(25)13-22-30(28,29)17-5-3-16(4-6-17)24-20(26)8-9-21(24)27/h2-7,10-12,19,22,25H,8-9,13H2,1H3/t19-/m1/s1. The van der Waals surface area contributed by atoms with Gasteiger partial charge in [0, 0.05) is 38.1 Å². The number of imide groups is 1. The molecule has 1 aliphatic heterocycles. The van der Waals surface area contributed by atoms with Crippen LogP contribution < -0.4 is 9.62 Å². The van der Waals surface area contributed by atoms with E-state index in [1.807, 2.05) is 36.0 Å². The Bertz CT molecular complexity index is 1220. The summed E-state index contributed by atoms with van der Waals surface area (Å²) in [5, 5.41) is 11.4. The number of anilines is 1. The molecule has 0 saturated carbocycles.